The summed E-state index contributed by atoms with van der Waals surface area (Å²) in [5.41, 5.74) is 11.3. The van der Waals surface area contributed by atoms with E-state index >= 15 is 0 Å². The highest BCUT2D eigenvalue weighted by Crippen LogP contribution is 2.31. The molecule has 10 heteroatoms. The maximum Gasteiger partial charge on any atom is 0.269 e. The molecule has 0 spiro atoms. The van der Waals surface area contributed by atoms with Gasteiger partial charge in [-0.25, -0.2) is 10.2 Å². The van der Waals surface area contributed by atoms with Crippen LogP contribution in [0.1, 0.15) is 29.2 Å². The Balaban J connectivity index is 1.48. The van der Waals surface area contributed by atoms with Crippen LogP contribution in [0.4, 0.5) is 5.69 Å². The Morgan fingerprint density at radius 1 is 0.972 bits per heavy atom. The van der Waals surface area contributed by atoms with Crippen LogP contribution in [0, 0.1) is 10.1 Å². The zero-order chi connectivity index (χ0) is 24.9. The largest absolute Gasteiger partial charge is 0.269 e. The maximum atomic E-state index is 11.0. The van der Waals surface area contributed by atoms with Gasteiger partial charge in [0, 0.05) is 17.9 Å². The lowest BCUT2D eigenvalue weighted by atomic mass is 10.1. The predicted molar refractivity (Wildman–Crippen MR) is 140 cm³/mol. The first-order valence-corrected chi connectivity index (χ1v) is 12.5. The van der Waals surface area contributed by atoms with Gasteiger partial charge in [0.05, 0.1) is 28.9 Å². The van der Waals surface area contributed by atoms with Gasteiger partial charge in [0.2, 0.25) is 0 Å². The number of para-hydroxylation sites is 1. The molecule has 9 nitrogen and oxygen atoms in total. The van der Waals surface area contributed by atoms with Crippen LogP contribution < -0.4 is 11.1 Å². The molecule has 0 radical (unpaired) electrons. The quantitative estimate of drug-likeness (QED) is 0.193. The Labute approximate surface area is 212 Å². The topological polar surface area (TPSA) is 101 Å². The first-order chi connectivity index (χ1) is 17.6. The third-order valence-electron chi connectivity index (χ3n) is 5.88. The van der Waals surface area contributed by atoms with Gasteiger partial charge in [0.15, 0.2) is 5.84 Å². The predicted octanol–water partition coefficient (Wildman–Crippen LogP) is 4.82. The van der Waals surface area contributed by atoms with Crippen molar-refractivity contribution in [1.29, 1.82) is 0 Å². The minimum Gasteiger partial charge on any atom is -0.266 e. The number of aromatic nitrogens is 2. The molecule has 2 heterocycles. The fraction of sp³-hybridized carbons (Fsp3) is 0.154. The molecule has 3 aromatic carbocycles. The Hall–Kier alpha value is -4.15. The van der Waals surface area contributed by atoms with Gasteiger partial charge >= 0.3 is 0 Å². The van der Waals surface area contributed by atoms with Crippen LogP contribution in [0.5, 0.6) is 0 Å². The van der Waals surface area contributed by atoms with E-state index in [0.29, 0.717) is 12.4 Å². The van der Waals surface area contributed by atoms with E-state index < -0.39 is 4.92 Å². The van der Waals surface area contributed by atoms with Crippen molar-refractivity contribution in [2.24, 2.45) is 5.10 Å². The normalized spacial score (nSPS) is 12.9. The second-order valence-electron chi connectivity index (χ2n) is 8.20. The Kier molecular flexibility index (Phi) is 6.96. The molecular weight excluding hydrogens is 474 g/mol. The minimum atomic E-state index is -0.398. The number of non-ortho nitro benzene ring substituents is 1. The Bertz CT molecular complexity index is 1390. The number of nitrogens with zero attached hydrogens (tertiary/aromatic N) is 5. The molecule has 0 saturated carbocycles. The summed E-state index contributed by atoms with van der Waals surface area (Å²) in [4.78, 5) is 10.6. The summed E-state index contributed by atoms with van der Waals surface area (Å²) in [6.07, 6.45) is 2.74. The van der Waals surface area contributed by atoms with Crippen molar-refractivity contribution in [3.63, 3.8) is 0 Å². The van der Waals surface area contributed by atoms with E-state index in [1.54, 1.807) is 23.9 Å². The molecule has 4 aromatic rings. The lowest BCUT2D eigenvalue weighted by molar-refractivity contribution is -0.384. The number of nitro groups is 1. The standard InChI is InChI=1S/C26H25N7O2S/c1-2-21-10-6-7-11-24(21)32-26(36-18-20-8-4-3-5-9-20)23(16-27-32)25-28-29-30-31(25)17-19-12-14-22(15-13-19)33(34)35/h3-16,29-30H,2,17-18H2,1H3. The summed E-state index contributed by atoms with van der Waals surface area (Å²) >= 11 is 1.71. The van der Waals surface area contributed by atoms with Crippen molar-refractivity contribution in [2.45, 2.75) is 30.7 Å². The third kappa shape index (κ3) is 4.95. The summed E-state index contributed by atoms with van der Waals surface area (Å²) in [5.74, 6) is 1.48. The molecule has 1 aliphatic heterocycles. The number of hydrogen-bond donors (Lipinski definition) is 2. The summed E-state index contributed by atoms with van der Waals surface area (Å²) < 4.78 is 1.99. The molecule has 5 rings (SSSR count). The number of thioether (sulfide) groups is 1. The monoisotopic (exact) mass is 499 g/mol. The van der Waals surface area contributed by atoms with E-state index in [2.05, 4.69) is 47.4 Å². The van der Waals surface area contributed by atoms with Gasteiger partial charge in [-0.1, -0.05) is 67.6 Å². The number of aryl methyl sites for hydroxylation is 1. The average molecular weight is 500 g/mol. The maximum absolute atomic E-state index is 11.0. The fourth-order valence-corrected chi connectivity index (χ4v) is 5.08. The van der Waals surface area contributed by atoms with E-state index in [1.807, 2.05) is 46.2 Å². The number of rotatable bonds is 9. The van der Waals surface area contributed by atoms with E-state index in [0.717, 1.165) is 34.0 Å². The number of benzene rings is 3. The second kappa shape index (κ2) is 10.6. The molecule has 0 aliphatic carbocycles. The van der Waals surface area contributed by atoms with Gasteiger partial charge < -0.3 is 0 Å². The highest BCUT2D eigenvalue weighted by Gasteiger charge is 2.26. The Morgan fingerprint density at radius 3 is 2.47 bits per heavy atom. The SMILES string of the molecule is CCc1ccccc1-n1ncc(C2=NNNN2Cc2ccc([N+](=O)[O-])cc2)c1SCc1ccccc1. The lowest BCUT2D eigenvalue weighted by Gasteiger charge is -2.19. The zero-order valence-corrected chi connectivity index (χ0v) is 20.5. The van der Waals surface area contributed by atoms with Gasteiger partial charge in [-0.05, 0) is 29.2 Å². The molecule has 0 unspecified atom stereocenters. The van der Waals surface area contributed by atoms with Crippen LogP contribution >= 0.6 is 11.8 Å². The molecule has 0 atom stereocenters. The van der Waals surface area contributed by atoms with Crippen LogP contribution in [0.15, 0.2) is 95.2 Å². The molecule has 1 aromatic heterocycles. The lowest BCUT2D eigenvalue weighted by Crippen LogP contribution is -2.40. The Morgan fingerprint density at radius 2 is 1.72 bits per heavy atom. The molecule has 0 saturated heterocycles. The first-order valence-electron chi connectivity index (χ1n) is 11.6. The average Bonchev–Trinajstić information content (AvgIpc) is 3.54. The molecule has 0 bridgehead atoms. The van der Waals surface area contributed by atoms with Crippen LogP contribution in [-0.4, -0.2) is 25.5 Å². The molecule has 1 aliphatic rings. The number of hydrogen-bond acceptors (Lipinski definition) is 8. The summed E-state index contributed by atoms with van der Waals surface area (Å²) in [6, 6.07) is 25.1. The highest BCUT2D eigenvalue weighted by atomic mass is 32.2. The molecule has 2 N–H and O–H groups in total. The van der Waals surface area contributed by atoms with E-state index in [-0.39, 0.29) is 5.69 Å². The summed E-state index contributed by atoms with van der Waals surface area (Å²) in [7, 11) is 0. The summed E-state index contributed by atoms with van der Waals surface area (Å²) in [5, 5.41) is 23.1. The molecule has 0 amide bonds. The van der Waals surface area contributed by atoms with Crippen molar-refractivity contribution < 1.29 is 4.92 Å². The molecule has 36 heavy (non-hydrogen) atoms. The van der Waals surface area contributed by atoms with Crippen LogP contribution in [0.25, 0.3) is 5.69 Å². The van der Waals surface area contributed by atoms with Gasteiger partial charge in [-0.2, -0.15) is 5.10 Å². The smallest absolute Gasteiger partial charge is 0.266 e. The molecular formula is C26H25N7O2S. The van der Waals surface area contributed by atoms with Gasteiger partial charge in [0.25, 0.3) is 5.69 Å². The number of hydrazine groups is 2. The fourth-order valence-electron chi connectivity index (χ4n) is 4.02. The zero-order valence-electron chi connectivity index (χ0n) is 19.7. The molecule has 182 valence electrons. The van der Waals surface area contributed by atoms with Gasteiger partial charge in [0.1, 0.15) is 5.03 Å². The van der Waals surface area contributed by atoms with Crippen molar-refractivity contribution in [2.75, 3.05) is 0 Å². The number of amidine groups is 1. The van der Waals surface area contributed by atoms with Crippen LogP contribution in [-0.2, 0) is 18.7 Å². The van der Waals surface area contributed by atoms with Gasteiger partial charge in [-0.3, -0.25) is 15.1 Å². The van der Waals surface area contributed by atoms with Crippen LogP contribution in [0.3, 0.4) is 0 Å². The number of hydrazone groups is 1. The summed E-state index contributed by atoms with van der Waals surface area (Å²) in [6.45, 7) is 2.60. The first kappa shape index (κ1) is 23.6. The van der Waals surface area contributed by atoms with Crippen molar-refractivity contribution in [1.82, 2.24) is 25.9 Å². The number of nitrogens with one attached hydrogen (secondary N) is 2. The van der Waals surface area contributed by atoms with Crippen molar-refractivity contribution >= 4 is 23.3 Å². The van der Waals surface area contributed by atoms with Crippen molar-refractivity contribution in [3.8, 4) is 5.69 Å². The van der Waals surface area contributed by atoms with Gasteiger partial charge in [-0.15, -0.1) is 22.4 Å². The number of nitro benzene ring substituents is 1. The highest BCUT2D eigenvalue weighted by molar-refractivity contribution is 7.98. The van der Waals surface area contributed by atoms with Crippen molar-refractivity contribution in [3.05, 3.63) is 117 Å². The third-order valence-corrected chi connectivity index (χ3v) is 7.02. The minimum absolute atomic E-state index is 0.0654. The van der Waals surface area contributed by atoms with E-state index in [1.165, 1.54) is 23.3 Å². The second-order valence-corrected chi connectivity index (χ2v) is 9.16. The van der Waals surface area contributed by atoms with Crippen LogP contribution in [0.2, 0.25) is 0 Å². The van der Waals surface area contributed by atoms with E-state index in [4.69, 9.17) is 5.10 Å². The molecule has 0 fully saturated rings. The van der Waals surface area contributed by atoms with E-state index in [9.17, 15) is 10.1 Å².